The van der Waals surface area contributed by atoms with Gasteiger partial charge in [0, 0.05) is 0 Å². The third kappa shape index (κ3) is 4.96. The first kappa shape index (κ1) is 24.6. The first-order valence-corrected chi connectivity index (χ1v) is 12.0. The Morgan fingerprint density at radius 1 is 0.344 bits per heavy atom. The Morgan fingerprint density at radius 3 is 0.656 bits per heavy atom. The van der Waals surface area contributed by atoms with E-state index in [0.29, 0.717) is 0 Å². The van der Waals surface area contributed by atoms with Gasteiger partial charge >= 0.3 is 0 Å². The van der Waals surface area contributed by atoms with E-state index in [1.165, 1.54) is 16.7 Å². The van der Waals surface area contributed by atoms with Crippen molar-refractivity contribution in [1.82, 2.24) is 0 Å². The monoisotopic (exact) mass is 446 g/mol. The Kier molecular flexibility index (Phi) is 6.44. The number of halogens is 1. The summed E-state index contributed by atoms with van der Waals surface area (Å²) in [6.07, 6.45) is 0. The maximum atomic E-state index is 7.62. The molecule has 32 heavy (non-hydrogen) atoms. The summed E-state index contributed by atoms with van der Waals surface area (Å²) in [5.41, 5.74) is 7.55. The van der Waals surface area contributed by atoms with Crippen LogP contribution in [0.25, 0.3) is 0 Å². The van der Waals surface area contributed by atoms with Crippen molar-refractivity contribution in [1.29, 1.82) is 0 Å². The van der Waals surface area contributed by atoms with Gasteiger partial charge in [-0.3, -0.25) is 0 Å². The summed E-state index contributed by atoms with van der Waals surface area (Å²) in [5, 5.41) is 0. The molecule has 0 bridgehead atoms. The second kappa shape index (κ2) is 8.38. The molecule has 0 nitrogen and oxygen atoms in total. The fourth-order valence-electron chi connectivity index (χ4n) is 4.10. The molecule has 3 aromatic carbocycles. The van der Waals surface area contributed by atoms with Crippen LogP contribution in [0.5, 0.6) is 0 Å². The van der Waals surface area contributed by atoms with Crippen LogP contribution >= 0.6 is 11.6 Å². The summed E-state index contributed by atoms with van der Waals surface area (Å²) in [5.74, 6) is 0. The normalized spacial score (nSPS) is 13.3. The van der Waals surface area contributed by atoms with Crippen molar-refractivity contribution >= 4 is 11.6 Å². The topological polar surface area (TPSA) is 0 Å². The van der Waals surface area contributed by atoms with E-state index in [4.69, 9.17) is 11.6 Å². The molecule has 0 amide bonds. The average molecular weight is 447 g/mol. The first-order valence-electron chi connectivity index (χ1n) is 11.7. The Balaban J connectivity index is 2.17. The van der Waals surface area contributed by atoms with Crippen LogP contribution < -0.4 is 0 Å². The van der Waals surface area contributed by atoms with Crippen LogP contribution in [0, 0.1) is 0 Å². The highest BCUT2D eigenvalue weighted by Gasteiger charge is 2.35. The lowest BCUT2D eigenvalue weighted by molar-refractivity contribution is 0.589. The second-order valence-electron chi connectivity index (χ2n) is 12.1. The van der Waals surface area contributed by atoms with Crippen molar-refractivity contribution in [3.8, 4) is 0 Å². The van der Waals surface area contributed by atoms with Crippen molar-refractivity contribution < 1.29 is 0 Å². The highest BCUT2D eigenvalue weighted by atomic mass is 35.5. The fourth-order valence-corrected chi connectivity index (χ4v) is 4.48. The molecule has 0 heterocycles. The fraction of sp³-hybridized carbons (Fsp3) is 0.419. The molecule has 0 aliphatic rings. The van der Waals surface area contributed by atoms with Crippen LogP contribution in [0.4, 0.5) is 0 Å². The van der Waals surface area contributed by atoms with Crippen molar-refractivity contribution in [2.75, 3.05) is 0 Å². The molecule has 1 heteroatoms. The molecule has 0 aromatic heterocycles. The summed E-state index contributed by atoms with van der Waals surface area (Å²) in [7, 11) is 0. The molecule has 0 saturated heterocycles. The van der Waals surface area contributed by atoms with Gasteiger partial charge in [0.2, 0.25) is 0 Å². The Hall–Kier alpha value is -2.05. The summed E-state index contributed by atoms with van der Waals surface area (Å²) in [4.78, 5) is -0.747. The second-order valence-corrected chi connectivity index (χ2v) is 12.7. The molecule has 0 atom stereocenters. The number of hydrogen-bond donors (Lipinski definition) is 0. The van der Waals surface area contributed by atoms with Gasteiger partial charge in [0.05, 0.1) is 0 Å². The average Bonchev–Trinajstić information content (AvgIpc) is 2.71. The first-order chi connectivity index (χ1) is 14.6. The largest absolute Gasteiger partial charge is 0.119 e. The third-order valence-electron chi connectivity index (χ3n) is 6.45. The van der Waals surface area contributed by atoms with E-state index < -0.39 is 4.87 Å². The number of hydrogen-bond acceptors (Lipinski definition) is 0. The van der Waals surface area contributed by atoms with Gasteiger partial charge in [-0.1, -0.05) is 135 Å². The number of benzene rings is 3. The minimum absolute atomic E-state index is 0.107. The molecule has 3 rings (SSSR count). The lowest BCUT2D eigenvalue weighted by atomic mass is 9.79. The van der Waals surface area contributed by atoms with Gasteiger partial charge in [0.15, 0.2) is 0 Å². The van der Waals surface area contributed by atoms with E-state index in [1.54, 1.807) is 0 Å². The van der Waals surface area contributed by atoms with E-state index in [1.807, 2.05) is 0 Å². The molecule has 0 N–H and O–H groups in total. The van der Waals surface area contributed by atoms with Crippen molar-refractivity contribution in [2.24, 2.45) is 0 Å². The third-order valence-corrected chi connectivity index (χ3v) is 7.10. The molecule has 0 fully saturated rings. The van der Waals surface area contributed by atoms with Crippen molar-refractivity contribution in [2.45, 2.75) is 83.4 Å². The zero-order valence-electron chi connectivity index (χ0n) is 21.3. The number of rotatable bonds is 3. The lowest BCUT2D eigenvalue weighted by Gasteiger charge is -2.31. The highest BCUT2D eigenvalue weighted by molar-refractivity contribution is 6.28. The summed E-state index contributed by atoms with van der Waals surface area (Å²) < 4.78 is 0. The summed E-state index contributed by atoms with van der Waals surface area (Å²) in [6.45, 7) is 20.2. The molecule has 0 saturated carbocycles. The van der Waals surface area contributed by atoms with Crippen LogP contribution in [0.3, 0.4) is 0 Å². The maximum absolute atomic E-state index is 7.62. The van der Waals surface area contributed by atoms with Gasteiger partial charge in [-0.25, -0.2) is 0 Å². The van der Waals surface area contributed by atoms with E-state index in [-0.39, 0.29) is 16.2 Å². The van der Waals surface area contributed by atoms with E-state index in [2.05, 4.69) is 135 Å². The Bertz CT molecular complexity index is 893. The highest BCUT2D eigenvalue weighted by Crippen LogP contribution is 2.44. The zero-order chi connectivity index (χ0) is 23.9. The summed E-state index contributed by atoms with van der Waals surface area (Å²) in [6, 6.07) is 26.5. The minimum Gasteiger partial charge on any atom is -0.104 e. The number of alkyl halides is 1. The zero-order valence-corrected chi connectivity index (χ0v) is 22.1. The van der Waals surface area contributed by atoms with Gasteiger partial charge in [0.25, 0.3) is 0 Å². The minimum atomic E-state index is -0.747. The van der Waals surface area contributed by atoms with Gasteiger partial charge in [-0.05, 0) is 49.6 Å². The van der Waals surface area contributed by atoms with Gasteiger partial charge < -0.3 is 0 Å². The van der Waals surface area contributed by atoms with Gasteiger partial charge in [0.1, 0.15) is 4.87 Å². The Labute approximate surface area is 201 Å². The molecule has 0 radical (unpaired) electrons. The van der Waals surface area contributed by atoms with Crippen molar-refractivity contribution in [3.05, 3.63) is 106 Å². The Morgan fingerprint density at radius 2 is 0.500 bits per heavy atom. The van der Waals surface area contributed by atoms with Crippen LogP contribution in [0.15, 0.2) is 72.8 Å². The van der Waals surface area contributed by atoms with Crippen LogP contribution in [0.2, 0.25) is 0 Å². The molecule has 170 valence electrons. The smallest absolute Gasteiger partial charge is 0.104 e. The predicted octanol–water partition coefficient (Wildman–Crippen LogP) is 9.11. The standard InChI is InChI=1S/C31H39Cl/c1-28(2,3)22-10-16-25(17-11-22)31(32,26-18-12-23(13-19-26)29(4,5)6)27-20-14-24(15-21-27)30(7,8)9/h10-21H,1-9H3. The molecule has 0 aliphatic heterocycles. The molecular formula is C31H39Cl. The molecule has 0 unspecified atom stereocenters. The lowest BCUT2D eigenvalue weighted by Crippen LogP contribution is -2.24. The molecular weight excluding hydrogens is 408 g/mol. The quantitative estimate of drug-likeness (QED) is 0.278. The molecule has 0 aliphatic carbocycles. The van der Waals surface area contributed by atoms with Crippen molar-refractivity contribution in [3.63, 3.8) is 0 Å². The van der Waals surface area contributed by atoms with Crippen LogP contribution in [0.1, 0.15) is 95.7 Å². The van der Waals surface area contributed by atoms with Gasteiger partial charge in [-0.2, -0.15) is 0 Å². The van der Waals surface area contributed by atoms with E-state index >= 15 is 0 Å². The predicted molar refractivity (Wildman–Crippen MR) is 141 cm³/mol. The molecule has 3 aromatic rings. The summed E-state index contributed by atoms with van der Waals surface area (Å²) >= 11 is 7.62. The molecule has 0 spiro atoms. The maximum Gasteiger partial charge on any atom is 0.119 e. The SMILES string of the molecule is CC(C)(C)c1ccc(C(Cl)(c2ccc(C(C)(C)C)cc2)c2ccc(C(C)(C)C)cc2)cc1. The van der Waals surface area contributed by atoms with E-state index in [9.17, 15) is 0 Å². The van der Waals surface area contributed by atoms with Crippen LogP contribution in [-0.4, -0.2) is 0 Å². The van der Waals surface area contributed by atoms with E-state index in [0.717, 1.165) is 16.7 Å². The van der Waals surface area contributed by atoms with Crippen LogP contribution in [-0.2, 0) is 21.1 Å². The van der Waals surface area contributed by atoms with Gasteiger partial charge in [-0.15, -0.1) is 11.6 Å².